The van der Waals surface area contributed by atoms with Crippen LogP contribution in [0.1, 0.15) is 56.3 Å². The molecule has 140 valence electrons. The number of hydrogen-bond acceptors (Lipinski definition) is 4. The molecule has 1 aliphatic heterocycles. The lowest BCUT2D eigenvalue weighted by atomic mass is 10.2. The summed E-state index contributed by atoms with van der Waals surface area (Å²) in [6.45, 7) is 4.91. The lowest BCUT2D eigenvalue weighted by Crippen LogP contribution is -2.33. The number of sulfonamides is 1. The summed E-state index contributed by atoms with van der Waals surface area (Å²) in [5, 5.41) is 2.86. The van der Waals surface area contributed by atoms with Crippen LogP contribution in [0.3, 0.4) is 0 Å². The fourth-order valence-electron chi connectivity index (χ4n) is 2.85. The zero-order valence-electron chi connectivity index (χ0n) is 15.2. The first-order chi connectivity index (χ1) is 11.9. The Balaban J connectivity index is 2.37. The molecular formula is C18H28N2O4S. The van der Waals surface area contributed by atoms with Crippen LogP contribution in [-0.4, -0.2) is 44.9 Å². The van der Waals surface area contributed by atoms with Crippen LogP contribution in [0, 0.1) is 0 Å². The van der Waals surface area contributed by atoms with Gasteiger partial charge in [-0.1, -0.05) is 19.8 Å². The molecule has 0 saturated carbocycles. The minimum Gasteiger partial charge on any atom is -0.495 e. The predicted molar refractivity (Wildman–Crippen MR) is 97.4 cm³/mol. The van der Waals surface area contributed by atoms with Crippen LogP contribution in [0.15, 0.2) is 23.1 Å². The van der Waals surface area contributed by atoms with Gasteiger partial charge in [-0.15, -0.1) is 0 Å². The number of amides is 1. The van der Waals surface area contributed by atoms with E-state index in [1.54, 1.807) is 12.1 Å². The number of methoxy groups -OCH3 is 1. The van der Waals surface area contributed by atoms with E-state index in [9.17, 15) is 13.2 Å². The molecule has 0 bridgehead atoms. The molecule has 25 heavy (non-hydrogen) atoms. The van der Waals surface area contributed by atoms with Crippen molar-refractivity contribution in [3.8, 4) is 5.75 Å². The Hall–Kier alpha value is -1.60. The molecule has 2 rings (SSSR count). The fraction of sp³-hybridized carbons (Fsp3) is 0.611. The highest BCUT2D eigenvalue weighted by Crippen LogP contribution is 2.29. The molecule has 1 N–H and O–H groups in total. The van der Waals surface area contributed by atoms with Gasteiger partial charge in [0.15, 0.2) is 0 Å². The normalized spacial score (nSPS) is 17.6. The van der Waals surface area contributed by atoms with E-state index in [-0.39, 0.29) is 22.6 Å². The summed E-state index contributed by atoms with van der Waals surface area (Å²) >= 11 is 0. The largest absolute Gasteiger partial charge is 0.495 e. The quantitative estimate of drug-likeness (QED) is 0.838. The molecule has 7 heteroatoms. The van der Waals surface area contributed by atoms with Crippen molar-refractivity contribution in [3.05, 3.63) is 23.8 Å². The van der Waals surface area contributed by atoms with E-state index in [4.69, 9.17) is 4.74 Å². The zero-order valence-corrected chi connectivity index (χ0v) is 16.1. The second-order valence-corrected chi connectivity index (χ2v) is 8.37. The van der Waals surface area contributed by atoms with E-state index in [0.717, 1.165) is 32.1 Å². The molecule has 0 radical (unpaired) electrons. The Morgan fingerprint density at radius 2 is 1.88 bits per heavy atom. The number of nitrogens with one attached hydrogen (secondary N) is 1. The highest BCUT2D eigenvalue weighted by molar-refractivity contribution is 7.89. The molecule has 0 aliphatic carbocycles. The van der Waals surface area contributed by atoms with Gasteiger partial charge in [0, 0.05) is 24.7 Å². The minimum absolute atomic E-state index is 0.0280. The second kappa shape index (κ2) is 8.67. The molecule has 1 fully saturated rings. The lowest BCUT2D eigenvalue weighted by Gasteiger charge is -2.22. The number of ether oxygens (including phenoxy) is 1. The van der Waals surface area contributed by atoms with Gasteiger partial charge in [-0.25, -0.2) is 8.42 Å². The van der Waals surface area contributed by atoms with Crippen LogP contribution in [0.5, 0.6) is 5.75 Å². The number of benzene rings is 1. The van der Waals surface area contributed by atoms with Crippen LogP contribution >= 0.6 is 0 Å². The Bertz CT molecular complexity index is 695. The molecule has 1 aliphatic rings. The lowest BCUT2D eigenvalue weighted by molar-refractivity contribution is 0.0939. The summed E-state index contributed by atoms with van der Waals surface area (Å²) in [4.78, 5) is 12.4. The van der Waals surface area contributed by atoms with E-state index in [1.165, 1.54) is 17.5 Å². The first-order valence-electron chi connectivity index (χ1n) is 8.89. The van der Waals surface area contributed by atoms with Crippen molar-refractivity contribution >= 4 is 15.9 Å². The molecule has 6 nitrogen and oxygen atoms in total. The Morgan fingerprint density at radius 1 is 1.24 bits per heavy atom. The van der Waals surface area contributed by atoms with Gasteiger partial charge in [0.2, 0.25) is 10.0 Å². The average Bonchev–Trinajstić information content (AvgIpc) is 2.90. The van der Waals surface area contributed by atoms with Crippen LogP contribution in [0.4, 0.5) is 0 Å². The summed E-state index contributed by atoms with van der Waals surface area (Å²) in [7, 11) is -2.25. The van der Waals surface area contributed by atoms with Crippen LogP contribution in [0.2, 0.25) is 0 Å². The third-order valence-electron chi connectivity index (χ3n) is 4.60. The predicted octanol–water partition coefficient (Wildman–Crippen LogP) is 2.79. The molecule has 1 aromatic carbocycles. The Labute approximate surface area is 150 Å². The highest BCUT2D eigenvalue weighted by Gasteiger charge is 2.29. The first kappa shape index (κ1) is 19.7. The minimum atomic E-state index is -3.69. The maximum Gasteiger partial charge on any atom is 0.251 e. The SMILES string of the molecule is CC[C@H](C)NC(=O)c1ccc(OC)c(S(=O)(=O)N2CCCCCC2)c1. The number of hydrogen-bond donors (Lipinski definition) is 1. The molecule has 1 heterocycles. The molecule has 1 saturated heterocycles. The summed E-state index contributed by atoms with van der Waals surface area (Å²) in [5.74, 6) is -0.00587. The average molecular weight is 368 g/mol. The van der Waals surface area contributed by atoms with E-state index in [1.807, 2.05) is 13.8 Å². The smallest absolute Gasteiger partial charge is 0.251 e. The van der Waals surface area contributed by atoms with Gasteiger partial charge in [-0.05, 0) is 44.4 Å². The van der Waals surface area contributed by atoms with Crippen molar-refractivity contribution in [3.63, 3.8) is 0 Å². The molecule has 0 aromatic heterocycles. The first-order valence-corrected chi connectivity index (χ1v) is 10.3. The molecule has 1 aromatic rings. The van der Waals surface area contributed by atoms with Gasteiger partial charge in [0.05, 0.1) is 7.11 Å². The van der Waals surface area contributed by atoms with Gasteiger partial charge in [-0.2, -0.15) is 4.31 Å². The standard InChI is InChI=1S/C18H28N2O4S/c1-4-14(2)19-18(21)15-9-10-16(24-3)17(13-15)25(22,23)20-11-7-5-6-8-12-20/h9-10,13-14H,4-8,11-12H2,1-3H3,(H,19,21)/t14-/m0/s1. The van der Waals surface area contributed by atoms with Crippen LogP contribution in [-0.2, 0) is 10.0 Å². The van der Waals surface area contributed by atoms with Crippen molar-refractivity contribution in [1.29, 1.82) is 0 Å². The van der Waals surface area contributed by atoms with Gasteiger partial charge in [-0.3, -0.25) is 4.79 Å². The summed E-state index contributed by atoms with van der Waals surface area (Å²) in [5.41, 5.74) is 0.328. The molecule has 1 amide bonds. The molecule has 0 spiro atoms. The third-order valence-corrected chi connectivity index (χ3v) is 6.52. The van der Waals surface area contributed by atoms with E-state index in [2.05, 4.69) is 5.32 Å². The van der Waals surface area contributed by atoms with E-state index in [0.29, 0.717) is 18.7 Å². The van der Waals surface area contributed by atoms with Gasteiger partial charge in [0.25, 0.3) is 5.91 Å². The fourth-order valence-corrected chi connectivity index (χ4v) is 4.55. The van der Waals surface area contributed by atoms with Crippen molar-refractivity contribution in [2.75, 3.05) is 20.2 Å². The van der Waals surface area contributed by atoms with Crippen molar-refractivity contribution < 1.29 is 17.9 Å². The van der Waals surface area contributed by atoms with Crippen LogP contribution < -0.4 is 10.1 Å². The second-order valence-electron chi connectivity index (χ2n) is 6.47. The number of carbonyl (C=O) groups is 1. The molecular weight excluding hydrogens is 340 g/mol. The summed E-state index contributed by atoms with van der Waals surface area (Å²) < 4.78 is 32.9. The van der Waals surface area contributed by atoms with Gasteiger partial charge in [0.1, 0.15) is 10.6 Å². The van der Waals surface area contributed by atoms with Crippen molar-refractivity contribution in [2.45, 2.75) is 56.9 Å². The number of rotatable bonds is 6. The van der Waals surface area contributed by atoms with E-state index < -0.39 is 10.0 Å². The van der Waals surface area contributed by atoms with Crippen molar-refractivity contribution in [2.24, 2.45) is 0 Å². The van der Waals surface area contributed by atoms with Crippen molar-refractivity contribution in [1.82, 2.24) is 9.62 Å². The van der Waals surface area contributed by atoms with E-state index >= 15 is 0 Å². The summed E-state index contributed by atoms with van der Waals surface area (Å²) in [6.07, 6.45) is 4.60. The zero-order chi connectivity index (χ0) is 18.4. The van der Waals surface area contributed by atoms with Gasteiger partial charge < -0.3 is 10.1 Å². The monoisotopic (exact) mass is 368 g/mol. The summed E-state index contributed by atoms with van der Waals surface area (Å²) in [6, 6.07) is 4.60. The van der Waals surface area contributed by atoms with Gasteiger partial charge >= 0.3 is 0 Å². The van der Waals surface area contributed by atoms with Crippen LogP contribution in [0.25, 0.3) is 0 Å². The Morgan fingerprint density at radius 3 is 2.44 bits per heavy atom. The maximum atomic E-state index is 13.1. The topological polar surface area (TPSA) is 75.7 Å². The molecule has 0 unspecified atom stereocenters. The number of carbonyl (C=O) groups excluding carboxylic acids is 1. The maximum absolute atomic E-state index is 13.1. The number of nitrogens with zero attached hydrogens (tertiary/aromatic N) is 1. The Kier molecular flexibility index (Phi) is 6.84. The highest BCUT2D eigenvalue weighted by atomic mass is 32.2. The third kappa shape index (κ3) is 4.73. The molecule has 1 atom stereocenters.